The summed E-state index contributed by atoms with van der Waals surface area (Å²) in [4.78, 5) is 12.4. The Morgan fingerprint density at radius 3 is 2.20 bits per heavy atom. The summed E-state index contributed by atoms with van der Waals surface area (Å²) in [5.74, 6) is -0.527. The fraction of sp³-hybridized carbons (Fsp3) is 0.167. The molecule has 100 valence electrons. The lowest BCUT2D eigenvalue weighted by Gasteiger charge is -2.26. The molecule has 0 saturated carbocycles. The van der Waals surface area contributed by atoms with Gasteiger partial charge in [-0.15, -0.1) is 0 Å². The Morgan fingerprint density at radius 1 is 1.10 bits per heavy atom. The van der Waals surface area contributed by atoms with E-state index in [9.17, 15) is 4.79 Å². The molecule has 0 heterocycles. The normalized spacial score (nSPS) is 13.2. The molecular weight excluding hydrogens is 248 g/mol. The molecule has 0 unspecified atom stereocenters. The van der Waals surface area contributed by atoms with Crippen molar-refractivity contribution in [2.45, 2.75) is 12.3 Å². The van der Waals surface area contributed by atoms with Crippen LogP contribution in [-0.4, -0.2) is 12.6 Å². The first-order chi connectivity index (χ1) is 9.81. The average Bonchev–Trinajstić information content (AvgIpc) is 2.50. The summed E-state index contributed by atoms with van der Waals surface area (Å²) in [6.07, 6.45) is 2.47. The van der Waals surface area contributed by atoms with Gasteiger partial charge in [0, 0.05) is 0 Å². The summed E-state index contributed by atoms with van der Waals surface area (Å²) in [5, 5.41) is 0. The third-order valence-electron chi connectivity index (χ3n) is 3.69. The van der Waals surface area contributed by atoms with E-state index in [1.54, 1.807) is 6.08 Å². The molecule has 0 radical (unpaired) electrons. The van der Waals surface area contributed by atoms with Crippen LogP contribution in [0.15, 0.2) is 61.2 Å². The van der Waals surface area contributed by atoms with Crippen LogP contribution >= 0.6 is 0 Å². The standard InChI is InChI=1S/C18H16O2/c1-2-11-20-18(19)17-15-9-5-3-7-13(15)12-14-8-4-6-10-16(14)17/h2-10,17H,1,11-12H2. The molecule has 2 aromatic rings. The van der Waals surface area contributed by atoms with Crippen LogP contribution in [0.25, 0.3) is 0 Å². The third kappa shape index (κ3) is 2.14. The Hall–Kier alpha value is -2.35. The molecule has 1 aliphatic carbocycles. The summed E-state index contributed by atoms with van der Waals surface area (Å²) in [5.41, 5.74) is 4.51. The number of carbonyl (C=O) groups is 1. The van der Waals surface area contributed by atoms with Crippen molar-refractivity contribution in [2.24, 2.45) is 0 Å². The van der Waals surface area contributed by atoms with E-state index in [0.717, 1.165) is 17.5 Å². The zero-order valence-electron chi connectivity index (χ0n) is 11.2. The van der Waals surface area contributed by atoms with Crippen molar-refractivity contribution >= 4 is 5.97 Å². The number of ether oxygens (including phenoxy) is 1. The molecule has 0 saturated heterocycles. The van der Waals surface area contributed by atoms with E-state index in [1.165, 1.54) is 11.1 Å². The minimum atomic E-state index is -0.323. The monoisotopic (exact) mass is 264 g/mol. The molecule has 0 fully saturated rings. The van der Waals surface area contributed by atoms with Gasteiger partial charge in [0.1, 0.15) is 12.5 Å². The van der Waals surface area contributed by atoms with Crippen molar-refractivity contribution < 1.29 is 9.53 Å². The van der Waals surface area contributed by atoms with Crippen molar-refractivity contribution in [3.63, 3.8) is 0 Å². The third-order valence-corrected chi connectivity index (χ3v) is 3.69. The predicted octanol–water partition coefficient (Wildman–Crippen LogP) is 3.45. The lowest BCUT2D eigenvalue weighted by Crippen LogP contribution is -2.23. The average molecular weight is 264 g/mol. The molecule has 0 N–H and O–H groups in total. The van der Waals surface area contributed by atoms with E-state index < -0.39 is 0 Å². The Labute approximate surface area is 118 Å². The Morgan fingerprint density at radius 2 is 1.65 bits per heavy atom. The number of esters is 1. The van der Waals surface area contributed by atoms with E-state index in [0.29, 0.717) is 0 Å². The van der Waals surface area contributed by atoms with Crippen molar-refractivity contribution in [1.29, 1.82) is 0 Å². The lowest BCUT2D eigenvalue weighted by atomic mass is 9.78. The Bertz CT molecular complexity index is 612. The van der Waals surface area contributed by atoms with Gasteiger partial charge in [0.05, 0.1) is 0 Å². The number of rotatable bonds is 3. The molecule has 2 nitrogen and oxygen atoms in total. The number of fused-ring (bicyclic) bond motifs is 2. The molecule has 2 aromatic carbocycles. The van der Waals surface area contributed by atoms with E-state index in [4.69, 9.17) is 4.74 Å². The van der Waals surface area contributed by atoms with Gasteiger partial charge in [0.2, 0.25) is 0 Å². The highest BCUT2D eigenvalue weighted by Crippen LogP contribution is 2.37. The van der Waals surface area contributed by atoms with Crippen LogP contribution in [0.4, 0.5) is 0 Å². The number of carbonyl (C=O) groups excluding carboxylic acids is 1. The minimum Gasteiger partial charge on any atom is -0.461 e. The molecule has 20 heavy (non-hydrogen) atoms. The summed E-state index contributed by atoms with van der Waals surface area (Å²) in [6, 6.07) is 16.2. The first-order valence-electron chi connectivity index (χ1n) is 6.74. The van der Waals surface area contributed by atoms with E-state index in [2.05, 4.69) is 18.7 Å². The maximum atomic E-state index is 12.4. The zero-order chi connectivity index (χ0) is 13.9. The highest BCUT2D eigenvalue weighted by atomic mass is 16.5. The highest BCUT2D eigenvalue weighted by molar-refractivity contribution is 5.84. The Kier molecular flexibility index (Phi) is 3.38. The fourth-order valence-corrected chi connectivity index (χ4v) is 2.80. The second-order valence-corrected chi connectivity index (χ2v) is 4.93. The molecular formula is C18H16O2. The van der Waals surface area contributed by atoms with Gasteiger partial charge in [-0.3, -0.25) is 4.79 Å². The molecule has 2 heteroatoms. The van der Waals surface area contributed by atoms with Gasteiger partial charge in [-0.05, 0) is 28.7 Å². The van der Waals surface area contributed by atoms with Crippen molar-refractivity contribution in [3.05, 3.63) is 83.4 Å². The van der Waals surface area contributed by atoms with E-state index >= 15 is 0 Å². The lowest BCUT2D eigenvalue weighted by molar-refractivity contribution is -0.143. The molecule has 0 aromatic heterocycles. The van der Waals surface area contributed by atoms with Crippen LogP contribution in [0.5, 0.6) is 0 Å². The molecule has 0 atom stereocenters. The van der Waals surface area contributed by atoms with Crippen LogP contribution in [-0.2, 0) is 16.0 Å². The van der Waals surface area contributed by atoms with Crippen molar-refractivity contribution in [3.8, 4) is 0 Å². The topological polar surface area (TPSA) is 26.3 Å². The van der Waals surface area contributed by atoms with Gasteiger partial charge < -0.3 is 4.74 Å². The van der Waals surface area contributed by atoms with Crippen LogP contribution in [0.2, 0.25) is 0 Å². The molecule has 0 bridgehead atoms. The van der Waals surface area contributed by atoms with E-state index in [-0.39, 0.29) is 18.5 Å². The van der Waals surface area contributed by atoms with Crippen LogP contribution in [0.3, 0.4) is 0 Å². The molecule has 1 aliphatic rings. The van der Waals surface area contributed by atoms with Gasteiger partial charge >= 0.3 is 5.97 Å². The summed E-state index contributed by atoms with van der Waals surface area (Å²) >= 11 is 0. The summed E-state index contributed by atoms with van der Waals surface area (Å²) in [6.45, 7) is 3.84. The molecule has 0 aliphatic heterocycles. The molecule has 3 rings (SSSR count). The number of benzene rings is 2. The summed E-state index contributed by atoms with van der Waals surface area (Å²) in [7, 11) is 0. The van der Waals surface area contributed by atoms with Gasteiger partial charge in [-0.2, -0.15) is 0 Å². The maximum Gasteiger partial charge on any atom is 0.318 e. The second-order valence-electron chi connectivity index (χ2n) is 4.93. The first-order valence-corrected chi connectivity index (χ1v) is 6.74. The highest BCUT2D eigenvalue weighted by Gasteiger charge is 2.31. The molecule has 0 amide bonds. The quantitative estimate of drug-likeness (QED) is 0.627. The fourth-order valence-electron chi connectivity index (χ4n) is 2.80. The van der Waals surface area contributed by atoms with Crippen LogP contribution in [0.1, 0.15) is 28.2 Å². The minimum absolute atomic E-state index is 0.204. The van der Waals surface area contributed by atoms with E-state index in [1.807, 2.05) is 36.4 Å². The van der Waals surface area contributed by atoms with Gasteiger partial charge in [0.25, 0.3) is 0 Å². The predicted molar refractivity (Wildman–Crippen MR) is 78.7 cm³/mol. The molecule has 0 spiro atoms. The largest absolute Gasteiger partial charge is 0.461 e. The van der Waals surface area contributed by atoms with Crippen LogP contribution < -0.4 is 0 Å². The SMILES string of the molecule is C=CCOC(=O)C1c2ccccc2Cc2ccccc21. The maximum absolute atomic E-state index is 12.4. The second kappa shape index (κ2) is 5.33. The van der Waals surface area contributed by atoms with Gasteiger partial charge in [0.15, 0.2) is 0 Å². The van der Waals surface area contributed by atoms with Gasteiger partial charge in [-0.1, -0.05) is 61.2 Å². The summed E-state index contributed by atoms with van der Waals surface area (Å²) < 4.78 is 5.29. The number of hydrogen-bond donors (Lipinski definition) is 0. The first kappa shape index (κ1) is 12.7. The van der Waals surface area contributed by atoms with Crippen molar-refractivity contribution in [1.82, 2.24) is 0 Å². The van der Waals surface area contributed by atoms with Crippen LogP contribution in [0, 0.1) is 0 Å². The number of hydrogen-bond acceptors (Lipinski definition) is 2. The zero-order valence-corrected chi connectivity index (χ0v) is 11.2. The smallest absolute Gasteiger partial charge is 0.318 e. The van der Waals surface area contributed by atoms with Crippen molar-refractivity contribution in [2.75, 3.05) is 6.61 Å². The van der Waals surface area contributed by atoms with Gasteiger partial charge in [-0.25, -0.2) is 0 Å². The Balaban J connectivity index is 2.07.